The molecule has 2 nitrogen and oxygen atoms in total. The second-order valence-corrected chi connectivity index (χ2v) is 4.41. The highest BCUT2D eigenvalue weighted by Gasteiger charge is 2.04. The van der Waals surface area contributed by atoms with Crippen LogP contribution in [-0.2, 0) is 4.74 Å². The van der Waals surface area contributed by atoms with E-state index in [1.54, 1.807) is 0 Å². The van der Waals surface area contributed by atoms with Gasteiger partial charge in [-0.25, -0.2) is 0 Å². The first-order chi connectivity index (χ1) is 6.66. The predicted molar refractivity (Wildman–Crippen MR) is 62.6 cm³/mol. The van der Waals surface area contributed by atoms with E-state index in [2.05, 4.69) is 33.0 Å². The molecule has 0 bridgehead atoms. The summed E-state index contributed by atoms with van der Waals surface area (Å²) in [6.07, 6.45) is 3.93. The predicted octanol–water partition coefficient (Wildman–Crippen LogP) is 2.83. The Bertz CT molecular complexity index is 115. The fourth-order valence-corrected chi connectivity index (χ4v) is 1.52. The first-order valence-corrected chi connectivity index (χ1v) is 5.99. The molecular formula is C12H27NO. The van der Waals surface area contributed by atoms with Crippen LogP contribution in [0.5, 0.6) is 0 Å². The molecule has 0 spiro atoms. The Labute approximate surface area is 89.4 Å². The molecule has 0 aliphatic heterocycles. The van der Waals surface area contributed by atoms with Gasteiger partial charge in [0.25, 0.3) is 0 Å². The van der Waals surface area contributed by atoms with Gasteiger partial charge in [-0.15, -0.1) is 0 Å². The van der Waals surface area contributed by atoms with Crippen molar-refractivity contribution >= 4 is 0 Å². The Hall–Kier alpha value is -0.0800. The molecule has 0 rings (SSSR count). The molecule has 14 heavy (non-hydrogen) atoms. The average Bonchev–Trinajstić information content (AvgIpc) is 2.10. The normalized spacial score (nSPS) is 13.5. The van der Waals surface area contributed by atoms with Gasteiger partial charge < -0.3 is 10.1 Å². The lowest BCUT2D eigenvalue weighted by molar-refractivity contribution is 0.0506. The molecule has 0 saturated carbocycles. The van der Waals surface area contributed by atoms with Crippen molar-refractivity contribution in [2.45, 2.75) is 53.1 Å². The Kier molecular flexibility index (Phi) is 9.42. The van der Waals surface area contributed by atoms with Crippen molar-refractivity contribution in [3.05, 3.63) is 0 Å². The molecule has 0 aromatic carbocycles. The smallest absolute Gasteiger partial charge is 0.0549 e. The maximum Gasteiger partial charge on any atom is 0.0549 e. The van der Waals surface area contributed by atoms with Gasteiger partial charge in [0.2, 0.25) is 0 Å². The van der Waals surface area contributed by atoms with Gasteiger partial charge in [-0.3, -0.25) is 0 Å². The van der Waals surface area contributed by atoms with Crippen LogP contribution in [0.1, 0.15) is 47.0 Å². The summed E-state index contributed by atoms with van der Waals surface area (Å²) in [7, 11) is 0. The van der Waals surface area contributed by atoms with E-state index in [1.165, 1.54) is 12.8 Å². The van der Waals surface area contributed by atoms with Crippen LogP contribution >= 0.6 is 0 Å². The van der Waals surface area contributed by atoms with Crippen molar-refractivity contribution in [1.82, 2.24) is 5.32 Å². The molecule has 1 N–H and O–H groups in total. The molecule has 0 aromatic rings. The van der Waals surface area contributed by atoms with Crippen LogP contribution in [0, 0.1) is 5.92 Å². The Morgan fingerprint density at radius 3 is 2.43 bits per heavy atom. The van der Waals surface area contributed by atoms with E-state index in [4.69, 9.17) is 4.74 Å². The van der Waals surface area contributed by atoms with Crippen molar-refractivity contribution in [1.29, 1.82) is 0 Å². The van der Waals surface area contributed by atoms with Crippen molar-refractivity contribution in [2.75, 3.05) is 19.7 Å². The highest BCUT2D eigenvalue weighted by Crippen LogP contribution is 2.07. The molecule has 2 heteroatoms. The number of ether oxygens (including phenoxy) is 1. The van der Waals surface area contributed by atoms with E-state index in [-0.39, 0.29) is 0 Å². The lowest BCUT2D eigenvalue weighted by Crippen LogP contribution is -2.19. The SMILES string of the molecule is CCCNCCCOC(C)CC(C)C. The summed E-state index contributed by atoms with van der Waals surface area (Å²) < 4.78 is 5.69. The third-order valence-electron chi connectivity index (χ3n) is 2.13. The number of hydrogen-bond donors (Lipinski definition) is 1. The molecule has 0 radical (unpaired) electrons. The Balaban J connectivity index is 3.10. The van der Waals surface area contributed by atoms with E-state index in [0.717, 1.165) is 32.0 Å². The zero-order valence-electron chi connectivity index (χ0n) is 10.3. The van der Waals surface area contributed by atoms with Crippen LogP contribution in [0.3, 0.4) is 0 Å². The van der Waals surface area contributed by atoms with Crippen LogP contribution in [0.25, 0.3) is 0 Å². The standard InChI is InChI=1S/C12H27NO/c1-5-7-13-8-6-9-14-12(4)10-11(2)3/h11-13H,5-10H2,1-4H3. The van der Waals surface area contributed by atoms with Crippen LogP contribution in [0.2, 0.25) is 0 Å². The molecule has 0 aromatic heterocycles. The average molecular weight is 201 g/mol. The van der Waals surface area contributed by atoms with Gasteiger partial charge in [0.05, 0.1) is 6.10 Å². The third kappa shape index (κ3) is 10.0. The quantitative estimate of drug-likeness (QED) is 0.579. The first-order valence-electron chi connectivity index (χ1n) is 5.99. The highest BCUT2D eigenvalue weighted by atomic mass is 16.5. The summed E-state index contributed by atoms with van der Waals surface area (Å²) in [5.74, 6) is 0.739. The van der Waals surface area contributed by atoms with Crippen molar-refractivity contribution < 1.29 is 4.74 Å². The fraction of sp³-hybridized carbons (Fsp3) is 1.00. The largest absolute Gasteiger partial charge is 0.378 e. The van der Waals surface area contributed by atoms with E-state index in [1.807, 2.05) is 0 Å². The van der Waals surface area contributed by atoms with Crippen LogP contribution < -0.4 is 5.32 Å². The van der Waals surface area contributed by atoms with Crippen molar-refractivity contribution in [3.8, 4) is 0 Å². The molecule has 0 aliphatic rings. The highest BCUT2D eigenvalue weighted by molar-refractivity contribution is 4.54. The van der Waals surface area contributed by atoms with Crippen LogP contribution in [0.4, 0.5) is 0 Å². The van der Waals surface area contributed by atoms with Gasteiger partial charge in [-0.05, 0) is 45.2 Å². The Morgan fingerprint density at radius 2 is 1.86 bits per heavy atom. The molecule has 86 valence electrons. The number of rotatable bonds is 9. The maximum atomic E-state index is 5.69. The van der Waals surface area contributed by atoms with Gasteiger partial charge in [-0.2, -0.15) is 0 Å². The molecule has 1 unspecified atom stereocenters. The van der Waals surface area contributed by atoms with Crippen molar-refractivity contribution in [3.63, 3.8) is 0 Å². The van der Waals surface area contributed by atoms with Crippen LogP contribution in [0.15, 0.2) is 0 Å². The second-order valence-electron chi connectivity index (χ2n) is 4.41. The lowest BCUT2D eigenvalue weighted by Gasteiger charge is -2.15. The lowest BCUT2D eigenvalue weighted by atomic mass is 10.1. The monoisotopic (exact) mass is 201 g/mol. The summed E-state index contributed by atoms with van der Waals surface area (Å²) in [4.78, 5) is 0. The minimum absolute atomic E-state index is 0.418. The molecule has 0 amide bonds. The number of hydrogen-bond acceptors (Lipinski definition) is 2. The van der Waals surface area contributed by atoms with E-state index in [9.17, 15) is 0 Å². The van der Waals surface area contributed by atoms with Gasteiger partial charge in [-0.1, -0.05) is 20.8 Å². The molecular weight excluding hydrogens is 174 g/mol. The van der Waals surface area contributed by atoms with Gasteiger partial charge >= 0.3 is 0 Å². The van der Waals surface area contributed by atoms with E-state index >= 15 is 0 Å². The zero-order chi connectivity index (χ0) is 10.8. The van der Waals surface area contributed by atoms with Crippen molar-refractivity contribution in [2.24, 2.45) is 5.92 Å². The zero-order valence-corrected chi connectivity index (χ0v) is 10.3. The van der Waals surface area contributed by atoms with E-state index in [0.29, 0.717) is 6.10 Å². The van der Waals surface area contributed by atoms with Gasteiger partial charge in [0.1, 0.15) is 0 Å². The topological polar surface area (TPSA) is 21.3 Å². The number of nitrogens with one attached hydrogen (secondary N) is 1. The summed E-state index contributed by atoms with van der Waals surface area (Å²) in [6, 6.07) is 0. The second kappa shape index (κ2) is 9.47. The van der Waals surface area contributed by atoms with Gasteiger partial charge in [0, 0.05) is 6.61 Å². The summed E-state index contributed by atoms with van der Waals surface area (Å²) in [5.41, 5.74) is 0. The molecule has 0 saturated heterocycles. The molecule has 0 fully saturated rings. The van der Waals surface area contributed by atoms with Crippen LogP contribution in [-0.4, -0.2) is 25.8 Å². The maximum absolute atomic E-state index is 5.69. The van der Waals surface area contributed by atoms with E-state index < -0.39 is 0 Å². The third-order valence-corrected chi connectivity index (χ3v) is 2.13. The summed E-state index contributed by atoms with van der Waals surface area (Å²) in [6.45, 7) is 11.9. The van der Waals surface area contributed by atoms with Gasteiger partial charge in [0.15, 0.2) is 0 Å². The summed E-state index contributed by atoms with van der Waals surface area (Å²) >= 11 is 0. The Morgan fingerprint density at radius 1 is 1.14 bits per heavy atom. The first kappa shape index (κ1) is 13.9. The molecule has 0 aliphatic carbocycles. The fourth-order valence-electron chi connectivity index (χ4n) is 1.52. The minimum atomic E-state index is 0.418. The molecule has 1 atom stereocenters. The molecule has 0 heterocycles. The summed E-state index contributed by atoms with van der Waals surface area (Å²) in [5, 5.41) is 3.37. The minimum Gasteiger partial charge on any atom is -0.378 e.